The maximum Gasteiger partial charge on any atom is 0.392 e. The summed E-state index contributed by atoms with van der Waals surface area (Å²) < 4.78 is 22.0. The molecule has 0 aromatic heterocycles. The van der Waals surface area contributed by atoms with Crippen molar-refractivity contribution in [2.24, 2.45) is 0 Å². The Labute approximate surface area is 136 Å². The van der Waals surface area contributed by atoms with E-state index in [4.69, 9.17) is 18.9 Å². The number of ether oxygens (including phenoxy) is 4. The minimum Gasteiger partial charge on any atom is -0.486 e. The summed E-state index contributed by atoms with van der Waals surface area (Å²) in [5, 5.41) is 0. The van der Waals surface area contributed by atoms with Gasteiger partial charge in [0.15, 0.2) is 5.76 Å². The molecule has 0 aromatic carbocycles. The third-order valence-electron chi connectivity index (χ3n) is 1.78. The van der Waals surface area contributed by atoms with Gasteiger partial charge in [-0.25, -0.2) is 0 Å². The first-order valence-corrected chi connectivity index (χ1v) is 6.50. The van der Waals surface area contributed by atoms with Gasteiger partial charge < -0.3 is 18.9 Å². The Kier molecular flexibility index (Phi) is 10.5. The molecule has 6 heteroatoms. The third-order valence-corrected chi connectivity index (χ3v) is 1.78. The molecule has 0 saturated heterocycles. The fourth-order valence-electron chi connectivity index (χ4n) is 1.43. The number of carbonyl (C=O) groups excluding carboxylic acids is 1. The van der Waals surface area contributed by atoms with Crippen molar-refractivity contribution in [1.29, 1.82) is 0 Å². The Morgan fingerprint density at radius 1 is 0.950 bits per heavy atom. The van der Waals surface area contributed by atoms with Crippen LogP contribution >= 0.6 is 0 Å². The normalized spacial score (nSPS) is 11.5. The molecule has 0 unspecified atom stereocenters. The van der Waals surface area contributed by atoms with Gasteiger partial charge in [0.05, 0.1) is 18.3 Å². The van der Waals surface area contributed by atoms with Crippen molar-refractivity contribution in [2.75, 3.05) is 0 Å². The van der Waals surface area contributed by atoms with E-state index in [-0.39, 0.29) is 45.8 Å². The molecule has 20 heavy (non-hydrogen) atoms. The van der Waals surface area contributed by atoms with Gasteiger partial charge in [0.1, 0.15) is 0 Å². The summed E-state index contributed by atoms with van der Waals surface area (Å²) in [6.45, 7) is 16.0. The van der Waals surface area contributed by atoms with Crippen molar-refractivity contribution in [2.45, 2.75) is 72.8 Å². The largest absolute Gasteiger partial charge is 0.486 e. The van der Waals surface area contributed by atoms with Crippen LogP contribution in [0.5, 0.6) is 0 Å². The van der Waals surface area contributed by atoms with E-state index < -0.39 is 11.9 Å². The average Bonchev–Trinajstić information content (AvgIpc) is 2.12. The molecule has 0 N–H and O–H groups in total. The zero-order chi connectivity index (χ0) is 15.2. The zero-order valence-corrected chi connectivity index (χ0v) is 15.0. The fraction of sp³-hybridized carbons (Fsp3) is 0.786. The molecule has 0 saturated carbocycles. The van der Waals surface area contributed by atoms with E-state index in [0.29, 0.717) is 0 Å². The van der Waals surface area contributed by atoms with E-state index in [1.165, 1.54) is 6.92 Å². The molecule has 0 rings (SSSR count). The molecule has 0 amide bonds. The maximum atomic E-state index is 11.3. The Morgan fingerprint density at radius 2 is 1.35 bits per heavy atom. The Hall–Kier alpha value is -0.356. The second-order valence-electron chi connectivity index (χ2n) is 5.07. The van der Waals surface area contributed by atoms with Gasteiger partial charge >= 0.3 is 11.9 Å². The van der Waals surface area contributed by atoms with Crippen molar-refractivity contribution in [1.82, 2.24) is 0 Å². The fourth-order valence-corrected chi connectivity index (χ4v) is 1.43. The molecule has 0 bridgehead atoms. The number of esters is 1. The van der Waals surface area contributed by atoms with Crippen molar-refractivity contribution < 1.29 is 45.5 Å². The Morgan fingerprint density at radius 3 is 1.60 bits per heavy atom. The number of hydrogen-bond acceptors (Lipinski definition) is 5. The van der Waals surface area contributed by atoms with Crippen molar-refractivity contribution in [3.8, 4) is 0 Å². The zero-order valence-electron chi connectivity index (χ0n) is 13.5. The van der Waals surface area contributed by atoms with Gasteiger partial charge in [-0.2, -0.15) is 0 Å². The van der Waals surface area contributed by atoms with Crippen molar-refractivity contribution >= 4 is 5.97 Å². The second kappa shape index (κ2) is 9.56. The van der Waals surface area contributed by atoms with E-state index in [1.807, 2.05) is 41.5 Å². The first-order valence-electron chi connectivity index (χ1n) is 6.50. The topological polar surface area (TPSA) is 54.0 Å². The summed E-state index contributed by atoms with van der Waals surface area (Å²) in [5.41, 5.74) is 0. The minimum absolute atomic E-state index is 0. The number of rotatable bonds is 8. The minimum atomic E-state index is -1.71. The van der Waals surface area contributed by atoms with Crippen molar-refractivity contribution in [3.05, 3.63) is 12.3 Å². The van der Waals surface area contributed by atoms with E-state index in [0.717, 1.165) is 0 Å². The monoisotopic (exact) mass is 322 g/mol. The van der Waals surface area contributed by atoms with Gasteiger partial charge in [0.25, 0.3) is 0 Å². The quantitative estimate of drug-likeness (QED) is 0.298. The van der Waals surface area contributed by atoms with Gasteiger partial charge in [-0.15, -0.1) is 0 Å². The molecular weight excluding hydrogens is 296 g/mol. The molecule has 0 atom stereocenters. The summed E-state index contributed by atoms with van der Waals surface area (Å²) >= 11 is 0. The number of hydrogen-bond donors (Lipinski definition) is 0. The van der Waals surface area contributed by atoms with Crippen LogP contribution in [0.4, 0.5) is 0 Å². The third kappa shape index (κ3) is 8.05. The molecule has 0 heterocycles. The van der Waals surface area contributed by atoms with Crippen molar-refractivity contribution in [3.63, 3.8) is 0 Å². The standard InChI is InChI=1S/C14H26O5.Ti/c1-9(2)16-12(7)14(17-10(3)4,18-11(5)6)19-13(8)15;/h9-11H,7H2,1-6,8H3;. The summed E-state index contributed by atoms with van der Waals surface area (Å²) in [4.78, 5) is 11.3. The van der Waals surface area contributed by atoms with Crippen LogP contribution in [0.1, 0.15) is 48.5 Å². The summed E-state index contributed by atoms with van der Waals surface area (Å²) in [5.74, 6) is -2.12. The second-order valence-corrected chi connectivity index (χ2v) is 5.07. The van der Waals surface area contributed by atoms with Crippen LogP contribution < -0.4 is 0 Å². The molecular formula is C14H26O5Ti. The van der Waals surface area contributed by atoms with Crippen LogP contribution in [-0.4, -0.2) is 30.3 Å². The first-order chi connectivity index (χ1) is 8.59. The smallest absolute Gasteiger partial charge is 0.392 e. The van der Waals surface area contributed by atoms with Gasteiger partial charge in [-0.05, 0) is 41.5 Å². The van der Waals surface area contributed by atoms with E-state index in [9.17, 15) is 4.79 Å². The summed E-state index contributed by atoms with van der Waals surface area (Å²) in [6.07, 6.45) is -0.592. The van der Waals surface area contributed by atoms with Crippen LogP contribution in [0.15, 0.2) is 12.3 Å². The SMILES string of the molecule is C=C(OC(C)C)C(OC(C)=O)(OC(C)C)OC(C)C.[Ti]. The molecule has 0 fully saturated rings. The van der Waals surface area contributed by atoms with Gasteiger partial charge in [-0.3, -0.25) is 4.79 Å². The van der Waals surface area contributed by atoms with Crippen LogP contribution in [0, 0.1) is 0 Å². The van der Waals surface area contributed by atoms with E-state index in [2.05, 4.69) is 6.58 Å². The van der Waals surface area contributed by atoms with Crippen LogP contribution in [-0.2, 0) is 45.5 Å². The average molecular weight is 322 g/mol. The van der Waals surface area contributed by atoms with Gasteiger partial charge in [0.2, 0.25) is 0 Å². The van der Waals surface area contributed by atoms with Gasteiger partial charge in [0, 0.05) is 28.6 Å². The van der Waals surface area contributed by atoms with Crippen LogP contribution in [0.25, 0.3) is 0 Å². The first kappa shape index (κ1) is 21.9. The molecule has 0 aromatic rings. The Bertz CT molecular complexity index is 303. The Balaban J connectivity index is 0. The van der Waals surface area contributed by atoms with Gasteiger partial charge in [-0.1, -0.05) is 6.58 Å². The molecule has 0 radical (unpaired) electrons. The van der Waals surface area contributed by atoms with Crippen LogP contribution in [0.3, 0.4) is 0 Å². The van der Waals surface area contributed by atoms with Crippen LogP contribution in [0.2, 0.25) is 0 Å². The maximum absolute atomic E-state index is 11.3. The molecule has 116 valence electrons. The summed E-state index contributed by atoms with van der Waals surface area (Å²) in [7, 11) is 0. The molecule has 0 aliphatic carbocycles. The number of carbonyl (C=O) groups is 1. The predicted molar refractivity (Wildman–Crippen MR) is 72.3 cm³/mol. The van der Waals surface area contributed by atoms with E-state index >= 15 is 0 Å². The molecule has 5 nitrogen and oxygen atoms in total. The van der Waals surface area contributed by atoms with E-state index in [1.54, 1.807) is 0 Å². The molecule has 0 aliphatic rings. The summed E-state index contributed by atoms with van der Waals surface area (Å²) in [6, 6.07) is 0. The predicted octanol–water partition coefficient (Wildman–Crippen LogP) is 2.99. The molecule has 0 aliphatic heterocycles. The molecule has 0 spiro atoms.